The fourth-order valence-electron chi connectivity index (χ4n) is 2.22. The molecule has 2 nitrogen and oxygen atoms in total. The molecule has 20 heavy (non-hydrogen) atoms. The third kappa shape index (κ3) is 6.53. The molecular formula is C18H31NO. The molecule has 0 aliphatic heterocycles. The Balaban J connectivity index is 2.60. The Morgan fingerprint density at radius 3 is 2.25 bits per heavy atom. The first-order valence-corrected chi connectivity index (χ1v) is 8.07. The van der Waals surface area contributed by atoms with Crippen molar-refractivity contribution in [3.63, 3.8) is 0 Å². The number of aryl methyl sites for hydroxylation is 1. The van der Waals surface area contributed by atoms with Crippen LogP contribution in [0.4, 0.5) is 0 Å². The van der Waals surface area contributed by atoms with Crippen LogP contribution in [-0.4, -0.2) is 19.8 Å². The molecule has 1 aromatic rings. The summed E-state index contributed by atoms with van der Waals surface area (Å²) in [5.41, 5.74) is 2.76. The van der Waals surface area contributed by atoms with Crippen LogP contribution in [0.2, 0.25) is 0 Å². The summed E-state index contributed by atoms with van der Waals surface area (Å²) in [4.78, 5) is 0. The lowest BCUT2D eigenvalue weighted by Gasteiger charge is -2.20. The molecule has 1 N–H and O–H groups in total. The second-order valence-corrected chi connectivity index (χ2v) is 5.93. The van der Waals surface area contributed by atoms with E-state index in [2.05, 4.69) is 57.3 Å². The molecule has 0 saturated carbocycles. The Morgan fingerprint density at radius 2 is 1.70 bits per heavy atom. The zero-order valence-corrected chi connectivity index (χ0v) is 13.6. The van der Waals surface area contributed by atoms with Crippen LogP contribution < -0.4 is 5.32 Å². The average Bonchev–Trinajstić information content (AvgIpc) is 2.43. The van der Waals surface area contributed by atoms with Crippen molar-refractivity contribution in [2.45, 2.75) is 53.0 Å². The van der Waals surface area contributed by atoms with Gasteiger partial charge < -0.3 is 10.1 Å². The van der Waals surface area contributed by atoms with Gasteiger partial charge in [-0.1, -0.05) is 58.4 Å². The number of nitrogens with one attached hydrogen (secondary N) is 1. The molecule has 2 heteroatoms. The zero-order chi connectivity index (χ0) is 14.8. The molecule has 1 unspecified atom stereocenters. The van der Waals surface area contributed by atoms with Gasteiger partial charge in [0, 0.05) is 6.61 Å². The minimum absolute atomic E-state index is 0.310. The van der Waals surface area contributed by atoms with Gasteiger partial charge in [-0.25, -0.2) is 0 Å². The maximum Gasteiger partial charge on any atom is 0.0661 e. The van der Waals surface area contributed by atoms with Crippen LogP contribution in [-0.2, 0) is 11.2 Å². The highest BCUT2D eigenvalue weighted by molar-refractivity contribution is 5.25. The van der Waals surface area contributed by atoms with Gasteiger partial charge in [0.1, 0.15) is 0 Å². The SMILES string of the molecule is CCCNC(COCC(C)C)c1ccc(CCC)cc1. The van der Waals surface area contributed by atoms with Crippen molar-refractivity contribution >= 4 is 0 Å². The van der Waals surface area contributed by atoms with Crippen LogP contribution >= 0.6 is 0 Å². The van der Waals surface area contributed by atoms with E-state index in [1.807, 2.05) is 0 Å². The molecule has 0 radical (unpaired) electrons. The quantitative estimate of drug-likeness (QED) is 0.686. The minimum Gasteiger partial charge on any atom is -0.379 e. The van der Waals surface area contributed by atoms with E-state index in [0.717, 1.165) is 32.6 Å². The van der Waals surface area contributed by atoms with Gasteiger partial charge in [0.2, 0.25) is 0 Å². The van der Waals surface area contributed by atoms with Gasteiger partial charge >= 0.3 is 0 Å². The van der Waals surface area contributed by atoms with Crippen molar-refractivity contribution in [2.75, 3.05) is 19.8 Å². The number of ether oxygens (including phenoxy) is 1. The summed E-state index contributed by atoms with van der Waals surface area (Å²) in [6.45, 7) is 11.4. The van der Waals surface area contributed by atoms with Gasteiger partial charge in [-0.3, -0.25) is 0 Å². The van der Waals surface area contributed by atoms with Gasteiger partial charge in [0.15, 0.2) is 0 Å². The molecule has 0 aromatic heterocycles. The molecule has 0 aliphatic carbocycles. The zero-order valence-electron chi connectivity index (χ0n) is 13.6. The van der Waals surface area contributed by atoms with Gasteiger partial charge in [-0.05, 0) is 36.4 Å². The summed E-state index contributed by atoms with van der Waals surface area (Å²) >= 11 is 0. The standard InChI is InChI=1S/C18H31NO/c1-5-7-16-8-10-17(11-9-16)18(19-12-6-2)14-20-13-15(3)4/h8-11,15,18-19H,5-7,12-14H2,1-4H3. The maximum absolute atomic E-state index is 5.82. The fraction of sp³-hybridized carbons (Fsp3) is 0.667. The van der Waals surface area contributed by atoms with Crippen LogP contribution in [0.15, 0.2) is 24.3 Å². The molecule has 114 valence electrons. The van der Waals surface area contributed by atoms with Crippen molar-refractivity contribution < 1.29 is 4.74 Å². The molecule has 0 saturated heterocycles. The highest BCUT2D eigenvalue weighted by Crippen LogP contribution is 2.16. The third-order valence-corrected chi connectivity index (χ3v) is 3.30. The van der Waals surface area contributed by atoms with E-state index in [9.17, 15) is 0 Å². The van der Waals surface area contributed by atoms with Gasteiger partial charge in [-0.2, -0.15) is 0 Å². The lowest BCUT2D eigenvalue weighted by Crippen LogP contribution is -2.27. The molecule has 1 atom stereocenters. The molecule has 0 bridgehead atoms. The summed E-state index contributed by atoms with van der Waals surface area (Å²) in [5.74, 6) is 0.591. The molecule has 0 amide bonds. The van der Waals surface area contributed by atoms with Crippen LogP contribution in [0.25, 0.3) is 0 Å². The summed E-state index contributed by atoms with van der Waals surface area (Å²) in [6.07, 6.45) is 3.51. The van der Waals surface area contributed by atoms with Crippen molar-refractivity contribution in [3.05, 3.63) is 35.4 Å². The average molecular weight is 277 g/mol. The Bertz CT molecular complexity index is 345. The lowest BCUT2D eigenvalue weighted by molar-refractivity contribution is 0.0901. The first kappa shape index (κ1) is 17.2. The minimum atomic E-state index is 0.310. The first-order valence-electron chi connectivity index (χ1n) is 8.07. The number of hydrogen-bond acceptors (Lipinski definition) is 2. The number of rotatable bonds is 10. The molecule has 0 aliphatic rings. The number of hydrogen-bond donors (Lipinski definition) is 1. The summed E-state index contributed by atoms with van der Waals surface area (Å²) in [7, 11) is 0. The summed E-state index contributed by atoms with van der Waals surface area (Å²) < 4.78 is 5.82. The molecule has 1 rings (SSSR count). The normalized spacial score (nSPS) is 12.8. The fourth-order valence-corrected chi connectivity index (χ4v) is 2.22. The van der Waals surface area contributed by atoms with Crippen molar-refractivity contribution in [3.8, 4) is 0 Å². The largest absolute Gasteiger partial charge is 0.379 e. The highest BCUT2D eigenvalue weighted by atomic mass is 16.5. The van der Waals surface area contributed by atoms with Crippen LogP contribution in [0.3, 0.4) is 0 Å². The van der Waals surface area contributed by atoms with E-state index in [0.29, 0.717) is 12.0 Å². The molecule has 0 heterocycles. The second-order valence-electron chi connectivity index (χ2n) is 5.93. The van der Waals surface area contributed by atoms with E-state index < -0.39 is 0 Å². The highest BCUT2D eigenvalue weighted by Gasteiger charge is 2.11. The Hall–Kier alpha value is -0.860. The summed E-state index contributed by atoms with van der Waals surface area (Å²) in [6, 6.07) is 9.31. The second kappa shape index (κ2) is 9.95. The first-order chi connectivity index (χ1) is 9.67. The van der Waals surface area contributed by atoms with Gasteiger partial charge in [0.25, 0.3) is 0 Å². The molecule has 0 spiro atoms. The Kier molecular flexibility index (Phi) is 8.56. The topological polar surface area (TPSA) is 21.3 Å². The van der Waals surface area contributed by atoms with Crippen LogP contribution in [0.1, 0.15) is 57.7 Å². The van der Waals surface area contributed by atoms with E-state index in [1.54, 1.807) is 0 Å². The molecule has 0 fully saturated rings. The van der Waals surface area contributed by atoms with E-state index in [1.165, 1.54) is 17.5 Å². The van der Waals surface area contributed by atoms with E-state index >= 15 is 0 Å². The Labute approximate surface area is 124 Å². The van der Waals surface area contributed by atoms with Crippen LogP contribution in [0.5, 0.6) is 0 Å². The van der Waals surface area contributed by atoms with Crippen molar-refractivity contribution in [1.82, 2.24) is 5.32 Å². The summed E-state index contributed by atoms with van der Waals surface area (Å²) in [5, 5.41) is 3.59. The van der Waals surface area contributed by atoms with Gasteiger partial charge in [0.05, 0.1) is 12.6 Å². The predicted molar refractivity (Wildman–Crippen MR) is 87.1 cm³/mol. The Morgan fingerprint density at radius 1 is 1.00 bits per heavy atom. The van der Waals surface area contributed by atoms with E-state index in [4.69, 9.17) is 4.74 Å². The smallest absolute Gasteiger partial charge is 0.0661 e. The van der Waals surface area contributed by atoms with Crippen LogP contribution in [0, 0.1) is 5.92 Å². The molecule has 1 aromatic carbocycles. The van der Waals surface area contributed by atoms with E-state index in [-0.39, 0.29) is 0 Å². The monoisotopic (exact) mass is 277 g/mol. The van der Waals surface area contributed by atoms with Gasteiger partial charge in [-0.15, -0.1) is 0 Å². The number of benzene rings is 1. The van der Waals surface area contributed by atoms with Crippen molar-refractivity contribution in [1.29, 1.82) is 0 Å². The molecular weight excluding hydrogens is 246 g/mol. The maximum atomic E-state index is 5.82. The third-order valence-electron chi connectivity index (χ3n) is 3.30. The van der Waals surface area contributed by atoms with Crippen molar-refractivity contribution in [2.24, 2.45) is 5.92 Å². The lowest BCUT2D eigenvalue weighted by atomic mass is 10.0. The predicted octanol–water partition coefficient (Wildman–Crippen LogP) is 4.35.